The third-order valence-electron chi connectivity index (χ3n) is 4.63. The molecule has 2 amide bonds. The number of amides is 2. The number of methoxy groups -OCH3 is 1. The van der Waals surface area contributed by atoms with E-state index < -0.39 is 6.09 Å². The number of aryl methyl sites for hydroxylation is 1. The summed E-state index contributed by atoms with van der Waals surface area (Å²) >= 11 is 6.10. The second-order valence-corrected chi connectivity index (χ2v) is 6.87. The molecule has 1 aliphatic rings. The van der Waals surface area contributed by atoms with Crippen LogP contribution in [0.5, 0.6) is 0 Å². The fourth-order valence-electron chi connectivity index (χ4n) is 3.19. The second-order valence-electron chi connectivity index (χ2n) is 6.43. The van der Waals surface area contributed by atoms with Crippen molar-refractivity contribution in [2.75, 3.05) is 29.2 Å². The summed E-state index contributed by atoms with van der Waals surface area (Å²) in [7, 11) is 1.30. The van der Waals surface area contributed by atoms with E-state index in [0.717, 1.165) is 25.1 Å². The van der Waals surface area contributed by atoms with Crippen LogP contribution in [0.25, 0.3) is 0 Å². The molecule has 0 bridgehead atoms. The number of ether oxygens (including phenoxy) is 1. The van der Waals surface area contributed by atoms with E-state index in [0.29, 0.717) is 16.4 Å². The number of hydrogen-bond donors (Lipinski definition) is 2. The maximum Gasteiger partial charge on any atom is 0.411 e. The van der Waals surface area contributed by atoms with Gasteiger partial charge in [0, 0.05) is 28.6 Å². The minimum atomic E-state index is -0.538. The molecule has 0 fully saturated rings. The minimum Gasteiger partial charge on any atom is -0.453 e. The molecule has 0 aromatic heterocycles. The normalized spacial score (nSPS) is 14.1. The molecule has 2 aromatic rings. The van der Waals surface area contributed by atoms with E-state index in [4.69, 9.17) is 11.6 Å². The van der Waals surface area contributed by atoms with Gasteiger partial charge in [-0.3, -0.25) is 10.1 Å². The number of anilines is 3. The highest BCUT2D eigenvalue weighted by molar-refractivity contribution is 6.30. The van der Waals surface area contributed by atoms with Gasteiger partial charge in [0.25, 0.3) is 0 Å². The summed E-state index contributed by atoms with van der Waals surface area (Å²) in [6.45, 7) is 2.72. The first-order valence-corrected chi connectivity index (χ1v) is 9.16. The smallest absolute Gasteiger partial charge is 0.411 e. The molecular weight excluding hydrogens is 366 g/mol. The van der Waals surface area contributed by atoms with E-state index >= 15 is 0 Å². The van der Waals surface area contributed by atoms with Gasteiger partial charge < -0.3 is 15.0 Å². The molecule has 2 aromatic carbocycles. The first-order valence-electron chi connectivity index (χ1n) is 8.79. The summed E-state index contributed by atoms with van der Waals surface area (Å²) in [6.07, 6.45) is 1.41. The molecule has 27 heavy (non-hydrogen) atoms. The average molecular weight is 388 g/mol. The number of rotatable bonds is 4. The molecule has 0 aliphatic carbocycles. The lowest BCUT2D eigenvalue weighted by molar-refractivity contribution is -0.117. The fourth-order valence-corrected chi connectivity index (χ4v) is 3.39. The Morgan fingerprint density at radius 3 is 2.44 bits per heavy atom. The van der Waals surface area contributed by atoms with Gasteiger partial charge in [0.1, 0.15) is 6.04 Å². The molecular formula is C20H22ClN3O3. The average Bonchev–Trinajstić information content (AvgIpc) is 2.68. The van der Waals surface area contributed by atoms with E-state index in [1.54, 1.807) is 24.3 Å². The minimum absolute atomic E-state index is 0.0912. The molecule has 1 aliphatic heterocycles. The molecule has 2 N–H and O–H groups in total. The maximum atomic E-state index is 12.7. The van der Waals surface area contributed by atoms with Crippen molar-refractivity contribution in [1.29, 1.82) is 0 Å². The Labute approximate surface area is 163 Å². The highest BCUT2D eigenvalue weighted by Crippen LogP contribution is 2.31. The quantitative estimate of drug-likeness (QED) is 0.820. The molecule has 0 spiro atoms. The van der Waals surface area contributed by atoms with Gasteiger partial charge in [-0.25, -0.2) is 4.79 Å². The fraction of sp³-hybridized carbons (Fsp3) is 0.300. The van der Waals surface area contributed by atoms with Crippen LogP contribution in [0.4, 0.5) is 21.9 Å². The molecule has 1 heterocycles. The number of carbonyl (C=O) groups excluding carboxylic acids is 2. The van der Waals surface area contributed by atoms with Crippen LogP contribution < -0.4 is 15.5 Å². The second kappa shape index (κ2) is 8.31. The van der Waals surface area contributed by atoms with Crippen LogP contribution in [0.15, 0.2) is 42.5 Å². The van der Waals surface area contributed by atoms with Crippen molar-refractivity contribution in [3.05, 3.63) is 53.1 Å². The number of halogens is 1. The van der Waals surface area contributed by atoms with E-state index in [2.05, 4.69) is 20.3 Å². The van der Waals surface area contributed by atoms with Gasteiger partial charge >= 0.3 is 6.09 Å². The van der Waals surface area contributed by atoms with Crippen LogP contribution in [0.2, 0.25) is 5.02 Å². The van der Waals surface area contributed by atoms with E-state index in [9.17, 15) is 9.59 Å². The summed E-state index contributed by atoms with van der Waals surface area (Å²) in [6, 6.07) is 12.4. The SMILES string of the molecule is COC(=O)Nc1ccc(NC(=O)C(C)N2CCCc3cc(Cl)ccc32)cc1. The molecule has 0 radical (unpaired) electrons. The predicted molar refractivity (Wildman–Crippen MR) is 108 cm³/mol. The zero-order chi connectivity index (χ0) is 19.4. The van der Waals surface area contributed by atoms with Crippen LogP contribution in [-0.4, -0.2) is 31.7 Å². The van der Waals surface area contributed by atoms with Crippen LogP contribution in [0.1, 0.15) is 18.9 Å². The number of fused-ring (bicyclic) bond motifs is 1. The Hall–Kier alpha value is -2.73. The van der Waals surface area contributed by atoms with E-state index in [-0.39, 0.29) is 11.9 Å². The van der Waals surface area contributed by atoms with Crippen molar-refractivity contribution in [1.82, 2.24) is 0 Å². The van der Waals surface area contributed by atoms with Crippen LogP contribution in [-0.2, 0) is 16.0 Å². The van der Waals surface area contributed by atoms with Gasteiger partial charge in [-0.05, 0) is 67.8 Å². The summed E-state index contributed by atoms with van der Waals surface area (Å²) in [5, 5.41) is 6.21. The summed E-state index contributed by atoms with van der Waals surface area (Å²) in [4.78, 5) is 26.1. The Morgan fingerprint density at radius 2 is 1.78 bits per heavy atom. The van der Waals surface area contributed by atoms with Crippen molar-refractivity contribution < 1.29 is 14.3 Å². The van der Waals surface area contributed by atoms with E-state index in [1.807, 2.05) is 25.1 Å². The third kappa shape index (κ3) is 4.52. The first-order chi connectivity index (χ1) is 13.0. The Kier molecular flexibility index (Phi) is 5.86. The third-order valence-corrected chi connectivity index (χ3v) is 4.86. The highest BCUT2D eigenvalue weighted by Gasteiger charge is 2.26. The molecule has 0 saturated carbocycles. The standard InChI is InChI=1S/C20H22ClN3O3/c1-13(24-11-3-4-14-12-15(21)5-10-18(14)24)19(25)22-16-6-8-17(9-7-16)23-20(26)27-2/h5-10,12-13H,3-4,11H2,1-2H3,(H,22,25)(H,23,26). The van der Waals surface area contributed by atoms with Crippen LogP contribution >= 0.6 is 11.6 Å². The number of carbonyl (C=O) groups is 2. The van der Waals surface area contributed by atoms with Crippen molar-refractivity contribution in [2.24, 2.45) is 0 Å². The lowest BCUT2D eigenvalue weighted by Gasteiger charge is -2.35. The van der Waals surface area contributed by atoms with Crippen molar-refractivity contribution in [3.63, 3.8) is 0 Å². The zero-order valence-corrected chi connectivity index (χ0v) is 16.0. The Balaban J connectivity index is 1.67. The molecule has 1 unspecified atom stereocenters. The van der Waals surface area contributed by atoms with Gasteiger partial charge in [-0.2, -0.15) is 0 Å². The number of nitrogens with zero attached hydrogens (tertiary/aromatic N) is 1. The summed E-state index contributed by atoms with van der Waals surface area (Å²) < 4.78 is 4.55. The summed E-state index contributed by atoms with van der Waals surface area (Å²) in [5.41, 5.74) is 3.49. The van der Waals surface area contributed by atoms with Gasteiger partial charge in [0.05, 0.1) is 7.11 Å². The van der Waals surface area contributed by atoms with Gasteiger partial charge in [0.2, 0.25) is 5.91 Å². The molecule has 6 nitrogen and oxygen atoms in total. The zero-order valence-electron chi connectivity index (χ0n) is 15.3. The van der Waals surface area contributed by atoms with Crippen LogP contribution in [0.3, 0.4) is 0 Å². The van der Waals surface area contributed by atoms with E-state index in [1.165, 1.54) is 12.7 Å². The van der Waals surface area contributed by atoms with Gasteiger partial charge in [-0.1, -0.05) is 11.6 Å². The lowest BCUT2D eigenvalue weighted by atomic mass is 10.00. The topological polar surface area (TPSA) is 70.7 Å². The highest BCUT2D eigenvalue weighted by atomic mass is 35.5. The number of benzene rings is 2. The predicted octanol–water partition coefficient (Wildman–Crippen LogP) is 4.30. The molecule has 7 heteroatoms. The first kappa shape index (κ1) is 19.0. The monoisotopic (exact) mass is 387 g/mol. The molecule has 3 rings (SSSR count). The van der Waals surface area contributed by atoms with Crippen LogP contribution in [0, 0.1) is 0 Å². The summed E-state index contributed by atoms with van der Waals surface area (Å²) in [5.74, 6) is -0.0912. The van der Waals surface area contributed by atoms with Gasteiger partial charge in [0.15, 0.2) is 0 Å². The maximum absolute atomic E-state index is 12.7. The largest absolute Gasteiger partial charge is 0.453 e. The lowest BCUT2D eigenvalue weighted by Crippen LogP contribution is -2.44. The number of nitrogens with one attached hydrogen (secondary N) is 2. The molecule has 0 saturated heterocycles. The molecule has 1 atom stereocenters. The Morgan fingerprint density at radius 1 is 1.11 bits per heavy atom. The van der Waals surface area contributed by atoms with Gasteiger partial charge in [-0.15, -0.1) is 0 Å². The van der Waals surface area contributed by atoms with Crippen molar-refractivity contribution in [3.8, 4) is 0 Å². The number of hydrogen-bond acceptors (Lipinski definition) is 4. The van der Waals surface area contributed by atoms with Crippen molar-refractivity contribution in [2.45, 2.75) is 25.8 Å². The Bertz CT molecular complexity index is 839. The molecule has 142 valence electrons. The van der Waals surface area contributed by atoms with Crippen molar-refractivity contribution >= 4 is 40.7 Å².